The Morgan fingerprint density at radius 1 is 1.19 bits per heavy atom. The molecular weight excluding hydrogens is 332 g/mol. The molecule has 0 saturated heterocycles. The van der Waals surface area contributed by atoms with Crippen molar-refractivity contribution in [3.8, 4) is 0 Å². The minimum Gasteiger partial charge on any atom is -0.469 e. The van der Waals surface area contributed by atoms with Gasteiger partial charge in [-0.1, -0.05) is 0 Å². The average Bonchev–Trinajstić information content (AvgIpc) is 3.29. The molecule has 1 N–H and O–H groups in total. The van der Waals surface area contributed by atoms with Gasteiger partial charge in [0, 0.05) is 44.1 Å². The first-order valence-corrected chi connectivity index (χ1v) is 8.59. The van der Waals surface area contributed by atoms with Crippen molar-refractivity contribution in [2.24, 2.45) is 5.92 Å². The summed E-state index contributed by atoms with van der Waals surface area (Å²) < 4.78 is 7.29. The Morgan fingerprint density at radius 3 is 2.88 bits per heavy atom. The third-order valence-electron chi connectivity index (χ3n) is 4.44. The van der Waals surface area contributed by atoms with Gasteiger partial charge < -0.3 is 14.6 Å². The fraction of sp³-hybridized carbons (Fsp3) is 0.333. The Bertz CT molecular complexity index is 846. The van der Waals surface area contributed by atoms with Gasteiger partial charge in [0.2, 0.25) is 11.9 Å². The number of carbonyl (C=O) groups is 1. The molecule has 4 rings (SSSR count). The highest BCUT2D eigenvalue weighted by Crippen LogP contribution is 2.17. The minimum absolute atomic E-state index is 0.0514. The predicted octanol–water partition coefficient (Wildman–Crippen LogP) is 1.58. The summed E-state index contributed by atoms with van der Waals surface area (Å²) in [5.41, 5.74) is 1.04. The summed E-state index contributed by atoms with van der Waals surface area (Å²) in [5, 5.41) is 7.64. The summed E-state index contributed by atoms with van der Waals surface area (Å²) in [7, 11) is 0. The Labute approximate surface area is 150 Å². The van der Waals surface area contributed by atoms with Crippen LogP contribution in [0.25, 0.3) is 0 Å². The molecule has 0 radical (unpaired) electrons. The lowest BCUT2D eigenvalue weighted by Gasteiger charge is -2.24. The van der Waals surface area contributed by atoms with E-state index in [-0.39, 0.29) is 18.2 Å². The fourth-order valence-electron chi connectivity index (χ4n) is 3.15. The topological polar surface area (TPSA) is 89.1 Å². The first kappa shape index (κ1) is 16.3. The zero-order chi connectivity index (χ0) is 17.8. The van der Waals surface area contributed by atoms with Crippen LogP contribution < -0.4 is 5.32 Å². The highest BCUT2D eigenvalue weighted by molar-refractivity contribution is 5.78. The molecular formula is C18H20N6O2. The highest BCUT2D eigenvalue weighted by atomic mass is 16.3. The average molecular weight is 352 g/mol. The van der Waals surface area contributed by atoms with E-state index in [1.807, 2.05) is 21.7 Å². The van der Waals surface area contributed by atoms with E-state index < -0.39 is 0 Å². The van der Waals surface area contributed by atoms with Crippen LogP contribution in [0.5, 0.6) is 0 Å². The first-order chi connectivity index (χ1) is 12.8. The fourth-order valence-corrected chi connectivity index (χ4v) is 3.15. The van der Waals surface area contributed by atoms with Gasteiger partial charge in [0.25, 0.3) is 0 Å². The molecule has 0 spiro atoms. The van der Waals surface area contributed by atoms with Crippen LogP contribution in [0.3, 0.4) is 0 Å². The molecule has 8 nitrogen and oxygen atoms in total. The van der Waals surface area contributed by atoms with Gasteiger partial charge in [-0.15, -0.1) is 0 Å². The second kappa shape index (κ2) is 7.38. The number of aromatic nitrogens is 4. The third kappa shape index (κ3) is 3.74. The van der Waals surface area contributed by atoms with Crippen molar-refractivity contribution in [3.05, 3.63) is 60.6 Å². The maximum Gasteiger partial charge on any atom is 0.230 e. The monoisotopic (exact) mass is 352 g/mol. The maximum absolute atomic E-state index is 12.8. The van der Waals surface area contributed by atoms with Crippen LogP contribution in [0.15, 0.2) is 53.5 Å². The Morgan fingerprint density at radius 2 is 2.08 bits per heavy atom. The van der Waals surface area contributed by atoms with Crippen molar-refractivity contribution in [1.82, 2.24) is 24.6 Å². The number of amides is 1. The van der Waals surface area contributed by atoms with Crippen LogP contribution >= 0.6 is 0 Å². The molecule has 4 heterocycles. The number of nitrogens with zero attached hydrogens (tertiary/aromatic N) is 5. The Kier molecular flexibility index (Phi) is 4.63. The van der Waals surface area contributed by atoms with E-state index in [2.05, 4.69) is 20.4 Å². The number of hydrogen-bond acceptors (Lipinski definition) is 6. The van der Waals surface area contributed by atoms with Gasteiger partial charge >= 0.3 is 0 Å². The molecule has 8 heteroatoms. The quantitative estimate of drug-likeness (QED) is 0.750. The first-order valence-electron chi connectivity index (χ1n) is 8.59. The standard InChI is InChI=1S/C18H20N6O2/c25-17(9-16-3-1-8-26-16)23-11-14(10-21-18-19-5-2-6-20-18)12-24-15(13-23)4-7-22-24/h1-8,14H,9-13H2,(H,19,20,21). The van der Waals surface area contributed by atoms with Crippen LogP contribution in [-0.4, -0.2) is 43.6 Å². The summed E-state index contributed by atoms with van der Waals surface area (Å²) >= 11 is 0. The van der Waals surface area contributed by atoms with Crippen molar-refractivity contribution in [2.45, 2.75) is 19.5 Å². The van der Waals surface area contributed by atoms with Crippen LogP contribution in [0.1, 0.15) is 11.5 Å². The lowest BCUT2D eigenvalue weighted by atomic mass is 10.1. The van der Waals surface area contributed by atoms with Crippen molar-refractivity contribution >= 4 is 11.9 Å². The Balaban J connectivity index is 1.47. The minimum atomic E-state index is 0.0514. The molecule has 0 bridgehead atoms. The van der Waals surface area contributed by atoms with E-state index in [0.717, 1.165) is 12.2 Å². The summed E-state index contributed by atoms with van der Waals surface area (Å²) in [4.78, 5) is 23.0. The highest BCUT2D eigenvalue weighted by Gasteiger charge is 2.26. The zero-order valence-electron chi connectivity index (χ0n) is 14.3. The molecule has 134 valence electrons. The Hall–Kier alpha value is -3.16. The molecule has 1 aliphatic heterocycles. The molecule has 26 heavy (non-hydrogen) atoms. The number of furan rings is 1. The van der Waals surface area contributed by atoms with Crippen molar-refractivity contribution in [3.63, 3.8) is 0 Å². The van der Waals surface area contributed by atoms with E-state index >= 15 is 0 Å². The number of hydrogen-bond donors (Lipinski definition) is 1. The van der Waals surface area contributed by atoms with Crippen molar-refractivity contribution in [1.29, 1.82) is 0 Å². The molecule has 1 amide bonds. The molecule has 0 aromatic carbocycles. The molecule has 0 fully saturated rings. The van der Waals surface area contributed by atoms with Crippen LogP contribution in [-0.2, 0) is 24.3 Å². The molecule has 3 aromatic heterocycles. The van der Waals surface area contributed by atoms with Crippen LogP contribution in [0, 0.1) is 5.92 Å². The van der Waals surface area contributed by atoms with Crippen LogP contribution in [0.4, 0.5) is 5.95 Å². The van der Waals surface area contributed by atoms with Crippen LogP contribution in [0.2, 0.25) is 0 Å². The lowest BCUT2D eigenvalue weighted by molar-refractivity contribution is -0.131. The van der Waals surface area contributed by atoms with E-state index in [1.165, 1.54) is 0 Å². The summed E-state index contributed by atoms with van der Waals surface area (Å²) in [5.74, 6) is 1.52. The second-order valence-corrected chi connectivity index (χ2v) is 6.35. The summed E-state index contributed by atoms with van der Waals surface area (Å²) in [6.45, 7) is 2.60. The van der Waals surface area contributed by atoms with E-state index in [0.29, 0.717) is 31.3 Å². The second-order valence-electron chi connectivity index (χ2n) is 6.35. The number of carbonyl (C=O) groups excluding carboxylic acids is 1. The van der Waals surface area contributed by atoms with Gasteiger partial charge in [0.05, 0.1) is 24.9 Å². The van der Waals surface area contributed by atoms with Crippen molar-refractivity contribution in [2.75, 3.05) is 18.4 Å². The number of rotatable bonds is 5. The summed E-state index contributed by atoms with van der Waals surface area (Å²) in [6, 6.07) is 7.36. The summed E-state index contributed by atoms with van der Waals surface area (Å²) in [6.07, 6.45) is 7.04. The number of fused-ring (bicyclic) bond motifs is 1. The molecule has 1 atom stereocenters. The lowest BCUT2D eigenvalue weighted by Crippen LogP contribution is -2.37. The van der Waals surface area contributed by atoms with Gasteiger partial charge in [0.1, 0.15) is 5.76 Å². The third-order valence-corrected chi connectivity index (χ3v) is 4.44. The van der Waals surface area contributed by atoms with E-state index in [4.69, 9.17) is 4.42 Å². The van der Waals surface area contributed by atoms with Gasteiger partial charge in [-0.25, -0.2) is 9.97 Å². The van der Waals surface area contributed by atoms with E-state index in [1.54, 1.807) is 37.0 Å². The van der Waals surface area contributed by atoms with E-state index in [9.17, 15) is 4.79 Å². The molecule has 0 saturated carbocycles. The van der Waals surface area contributed by atoms with Gasteiger partial charge in [-0.2, -0.15) is 5.10 Å². The maximum atomic E-state index is 12.8. The molecule has 0 aliphatic carbocycles. The molecule has 1 aliphatic rings. The number of anilines is 1. The zero-order valence-corrected chi connectivity index (χ0v) is 14.3. The molecule has 1 unspecified atom stereocenters. The van der Waals surface area contributed by atoms with Gasteiger partial charge in [-0.05, 0) is 24.3 Å². The number of nitrogens with one attached hydrogen (secondary N) is 1. The van der Waals surface area contributed by atoms with Gasteiger partial charge in [-0.3, -0.25) is 9.48 Å². The SMILES string of the molecule is O=C(Cc1ccco1)N1Cc2ccnn2CC(CNc2ncccn2)C1. The smallest absolute Gasteiger partial charge is 0.230 e. The normalized spacial score (nSPS) is 16.8. The molecule has 3 aromatic rings. The van der Waals surface area contributed by atoms with Crippen molar-refractivity contribution < 1.29 is 9.21 Å². The van der Waals surface area contributed by atoms with Gasteiger partial charge in [0.15, 0.2) is 0 Å². The predicted molar refractivity (Wildman–Crippen MR) is 94.1 cm³/mol. The largest absolute Gasteiger partial charge is 0.469 e.